The van der Waals surface area contributed by atoms with Gasteiger partial charge < -0.3 is 29.3 Å². The molecule has 0 bridgehead atoms. The lowest BCUT2D eigenvalue weighted by atomic mass is 9.88. The smallest absolute Gasteiger partial charge is 0.410 e. The predicted octanol–water partition coefficient (Wildman–Crippen LogP) is 4.59. The van der Waals surface area contributed by atoms with Gasteiger partial charge in [-0.3, -0.25) is 0 Å². The van der Waals surface area contributed by atoms with Gasteiger partial charge in [-0.25, -0.2) is 9.78 Å². The van der Waals surface area contributed by atoms with Crippen molar-refractivity contribution >= 4 is 23.2 Å². The van der Waals surface area contributed by atoms with Crippen LogP contribution >= 0.6 is 0 Å². The van der Waals surface area contributed by atoms with E-state index in [1.165, 1.54) is 16.8 Å². The van der Waals surface area contributed by atoms with Crippen molar-refractivity contribution in [1.29, 1.82) is 0 Å². The Bertz CT molecular complexity index is 1100. The summed E-state index contributed by atoms with van der Waals surface area (Å²) in [6.07, 6.45) is 2.48. The van der Waals surface area contributed by atoms with Crippen LogP contribution in [0.3, 0.4) is 0 Å². The summed E-state index contributed by atoms with van der Waals surface area (Å²) in [7, 11) is 1.63. The standard InChI is InChI=1S/C26H34N4O4/c1-16-10-21(24(32-5)27-13-16)28-18-11-17-15-33-9-8-30-22-6-7-29(25(31)34-26(2,3)4)14-20(22)19(12-18)23(17)30/h10-13,20,22,28H,6-9,14-15H2,1-5H3/t20-,22-/m0/s1. The maximum Gasteiger partial charge on any atom is 0.410 e. The first-order valence-corrected chi connectivity index (χ1v) is 12.0. The molecule has 5 rings (SSSR count). The minimum atomic E-state index is -0.503. The molecule has 1 aromatic heterocycles. The lowest BCUT2D eigenvalue weighted by molar-refractivity contribution is 0.0188. The van der Waals surface area contributed by atoms with Crippen LogP contribution in [0, 0.1) is 6.92 Å². The monoisotopic (exact) mass is 466 g/mol. The van der Waals surface area contributed by atoms with Gasteiger partial charge >= 0.3 is 6.09 Å². The number of nitrogens with one attached hydrogen (secondary N) is 1. The van der Waals surface area contributed by atoms with Gasteiger partial charge in [-0.15, -0.1) is 0 Å². The number of nitrogens with zero attached hydrogens (tertiary/aromatic N) is 3. The zero-order chi connectivity index (χ0) is 24.0. The number of rotatable bonds is 3. The van der Waals surface area contributed by atoms with Crippen LogP contribution < -0.4 is 15.0 Å². The number of methoxy groups -OCH3 is 1. The van der Waals surface area contributed by atoms with Crippen molar-refractivity contribution in [1.82, 2.24) is 9.88 Å². The fourth-order valence-electron chi connectivity index (χ4n) is 5.40. The summed E-state index contributed by atoms with van der Waals surface area (Å²) in [5.74, 6) is 0.786. The van der Waals surface area contributed by atoms with E-state index in [9.17, 15) is 4.79 Å². The zero-order valence-electron chi connectivity index (χ0n) is 20.7. The molecule has 8 nitrogen and oxygen atoms in total. The van der Waals surface area contributed by atoms with Gasteiger partial charge in [0.25, 0.3) is 0 Å². The first kappa shape index (κ1) is 22.8. The molecule has 1 saturated heterocycles. The van der Waals surface area contributed by atoms with Gasteiger partial charge in [-0.05, 0) is 63.4 Å². The topological polar surface area (TPSA) is 76.2 Å². The third kappa shape index (κ3) is 4.27. The van der Waals surface area contributed by atoms with Crippen LogP contribution in [0.5, 0.6) is 5.88 Å². The molecule has 0 radical (unpaired) electrons. The molecular formula is C26H34N4O4. The highest BCUT2D eigenvalue weighted by Gasteiger charge is 2.45. The first-order valence-electron chi connectivity index (χ1n) is 12.0. The Kier molecular flexibility index (Phi) is 5.80. The minimum Gasteiger partial charge on any atom is -0.480 e. The highest BCUT2D eigenvalue weighted by Crippen LogP contribution is 2.49. The summed E-state index contributed by atoms with van der Waals surface area (Å²) in [5.41, 5.74) is 6.07. The Labute approximate surface area is 201 Å². The van der Waals surface area contributed by atoms with E-state index in [4.69, 9.17) is 14.2 Å². The van der Waals surface area contributed by atoms with E-state index in [2.05, 4.69) is 27.3 Å². The molecule has 34 heavy (non-hydrogen) atoms. The van der Waals surface area contributed by atoms with E-state index in [-0.39, 0.29) is 12.0 Å². The first-order chi connectivity index (χ1) is 16.2. The Balaban J connectivity index is 1.49. The fraction of sp³-hybridized carbons (Fsp3) is 0.538. The van der Waals surface area contributed by atoms with Crippen molar-refractivity contribution in [3.8, 4) is 5.88 Å². The third-order valence-corrected chi connectivity index (χ3v) is 6.73. The summed E-state index contributed by atoms with van der Waals surface area (Å²) in [5, 5.41) is 3.52. The molecule has 182 valence electrons. The Morgan fingerprint density at radius 2 is 2.06 bits per heavy atom. The molecule has 0 unspecified atom stereocenters. The summed E-state index contributed by atoms with van der Waals surface area (Å²) in [4.78, 5) is 21.6. The molecule has 4 heterocycles. The average molecular weight is 467 g/mol. The SMILES string of the molecule is COc1ncc(C)cc1Nc1cc2c3c(c1)[C@@H]1CN(C(=O)OC(C)(C)C)CC[C@@H]1N3CCOC2. The largest absolute Gasteiger partial charge is 0.480 e. The van der Waals surface area contributed by atoms with Gasteiger partial charge in [-0.2, -0.15) is 0 Å². The molecule has 0 spiro atoms. The number of hydrogen-bond acceptors (Lipinski definition) is 7. The molecule has 1 N–H and O–H groups in total. The fourth-order valence-corrected chi connectivity index (χ4v) is 5.40. The van der Waals surface area contributed by atoms with E-state index >= 15 is 0 Å². The number of benzene rings is 1. The van der Waals surface area contributed by atoms with Crippen LogP contribution in [0.4, 0.5) is 21.9 Å². The van der Waals surface area contributed by atoms with E-state index < -0.39 is 5.60 Å². The van der Waals surface area contributed by atoms with E-state index in [1.54, 1.807) is 13.3 Å². The number of likely N-dealkylation sites (tertiary alicyclic amines) is 1. The molecule has 0 saturated carbocycles. The van der Waals surface area contributed by atoms with E-state index in [0.717, 1.165) is 29.9 Å². The summed E-state index contributed by atoms with van der Waals surface area (Å²) in [6, 6.07) is 6.79. The maximum absolute atomic E-state index is 12.8. The zero-order valence-corrected chi connectivity index (χ0v) is 20.7. The number of anilines is 3. The van der Waals surface area contributed by atoms with Crippen molar-refractivity contribution < 1.29 is 19.0 Å². The van der Waals surface area contributed by atoms with Crippen LogP contribution in [-0.2, 0) is 16.1 Å². The molecule has 3 aliphatic heterocycles. The molecule has 1 aromatic carbocycles. The van der Waals surface area contributed by atoms with Gasteiger partial charge in [0, 0.05) is 54.7 Å². The normalized spacial score (nSPS) is 21.4. The second-order valence-electron chi connectivity index (χ2n) is 10.4. The van der Waals surface area contributed by atoms with E-state index in [1.807, 2.05) is 38.7 Å². The van der Waals surface area contributed by atoms with Gasteiger partial charge in [0.2, 0.25) is 5.88 Å². The second kappa shape index (κ2) is 8.65. The van der Waals surface area contributed by atoms with Crippen LogP contribution in [0.2, 0.25) is 0 Å². The molecule has 2 aromatic rings. The summed E-state index contributed by atoms with van der Waals surface area (Å²) in [6.45, 7) is 11.3. The number of hydrogen-bond donors (Lipinski definition) is 1. The average Bonchev–Trinajstić information content (AvgIpc) is 2.93. The lowest BCUT2D eigenvalue weighted by Crippen LogP contribution is -2.49. The molecule has 1 amide bonds. The third-order valence-electron chi connectivity index (χ3n) is 6.73. The number of ether oxygens (including phenoxy) is 3. The highest BCUT2D eigenvalue weighted by atomic mass is 16.6. The molecule has 3 aliphatic rings. The number of piperidine rings is 1. The number of fused-ring (bicyclic) bond motifs is 3. The maximum atomic E-state index is 12.8. The molecule has 8 heteroatoms. The molecule has 1 fully saturated rings. The number of carbonyl (C=O) groups is 1. The van der Waals surface area contributed by atoms with Crippen molar-refractivity contribution in [2.24, 2.45) is 0 Å². The number of pyridine rings is 1. The lowest BCUT2D eigenvalue weighted by Gasteiger charge is -2.39. The Morgan fingerprint density at radius 1 is 1.24 bits per heavy atom. The van der Waals surface area contributed by atoms with Crippen LogP contribution in [0.1, 0.15) is 49.8 Å². The van der Waals surface area contributed by atoms with Crippen molar-refractivity contribution in [3.63, 3.8) is 0 Å². The highest BCUT2D eigenvalue weighted by molar-refractivity contribution is 5.76. The quantitative estimate of drug-likeness (QED) is 0.709. The second-order valence-corrected chi connectivity index (χ2v) is 10.4. The van der Waals surface area contributed by atoms with Gasteiger partial charge in [0.05, 0.1) is 20.3 Å². The minimum absolute atomic E-state index is 0.229. The van der Waals surface area contributed by atoms with Crippen molar-refractivity contribution in [3.05, 3.63) is 41.1 Å². The Morgan fingerprint density at radius 3 is 2.82 bits per heavy atom. The molecular weight excluding hydrogens is 432 g/mol. The van der Waals surface area contributed by atoms with Gasteiger partial charge in [0.1, 0.15) is 11.3 Å². The van der Waals surface area contributed by atoms with Crippen LogP contribution in [0.15, 0.2) is 24.4 Å². The Hall–Kier alpha value is -3.00. The number of carbonyl (C=O) groups excluding carboxylic acids is 1. The van der Waals surface area contributed by atoms with Crippen molar-refractivity contribution in [2.45, 2.75) is 58.3 Å². The van der Waals surface area contributed by atoms with Gasteiger partial charge in [-0.1, -0.05) is 0 Å². The van der Waals surface area contributed by atoms with E-state index in [0.29, 0.717) is 38.2 Å². The number of aryl methyl sites for hydroxylation is 1. The molecule has 0 aliphatic carbocycles. The molecule has 2 atom stereocenters. The predicted molar refractivity (Wildman–Crippen MR) is 131 cm³/mol. The van der Waals surface area contributed by atoms with Crippen LogP contribution in [0.25, 0.3) is 0 Å². The van der Waals surface area contributed by atoms with Gasteiger partial charge in [0.15, 0.2) is 0 Å². The van der Waals surface area contributed by atoms with Crippen molar-refractivity contribution in [2.75, 3.05) is 43.6 Å². The number of amides is 1. The van der Waals surface area contributed by atoms with Crippen LogP contribution in [-0.4, -0.2) is 61.0 Å². The summed E-state index contributed by atoms with van der Waals surface area (Å²) < 4.78 is 17.1. The summed E-state index contributed by atoms with van der Waals surface area (Å²) >= 11 is 0. The number of aromatic nitrogens is 1.